The Hall–Kier alpha value is -2.27. The van der Waals surface area contributed by atoms with E-state index in [1.165, 1.54) is 16.8 Å². The summed E-state index contributed by atoms with van der Waals surface area (Å²) in [6.45, 7) is 0. The number of anilines is 1. The average Bonchev–Trinajstić information content (AvgIpc) is 2.47. The Labute approximate surface area is 107 Å². The summed E-state index contributed by atoms with van der Waals surface area (Å²) in [6.07, 6.45) is 2.21. The van der Waals surface area contributed by atoms with Gasteiger partial charge in [0.15, 0.2) is 0 Å². The summed E-state index contributed by atoms with van der Waals surface area (Å²) in [6, 6.07) is 18.8. The lowest BCUT2D eigenvalue weighted by molar-refractivity contribution is 0.668. The maximum absolute atomic E-state index is 8.80. The first kappa shape index (κ1) is 10.9. The molecule has 0 saturated heterocycles. The minimum absolute atomic E-state index is 0.354. The smallest absolute Gasteiger partial charge is 0.0991 e. The maximum atomic E-state index is 8.80. The number of hydrogen-bond donors (Lipinski definition) is 1. The van der Waals surface area contributed by atoms with Crippen LogP contribution in [0.4, 0.5) is 5.69 Å². The number of nitrogens with one attached hydrogen (secondary N) is 1. The molecule has 0 aromatic heterocycles. The van der Waals surface area contributed by atoms with Gasteiger partial charge in [-0.1, -0.05) is 30.3 Å². The zero-order valence-corrected chi connectivity index (χ0v) is 10.1. The summed E-state index contributed by atoms with van der Waals surface area (Å²) < 4.78 is 0. The average molecular weight is 234 g/mol. The summed E-state index contributed by atoms with van der Waals surface area (Å²) in [7, 11) is 0. The topological polar surface area (TPSA) is 35.8 Å². The molecule has 2 aromatic rings. The Morgan fingerprint density at radius 3 is 2.61 bits per heavy atom. The van der Waals surface area contributed by atoms with Gasteiger partial charge in [0.1, 0.15) is 0 Å². The van der Waals surface area contributed by atoms with Crippen molar-refractivity contribution in [2.45, 2.75) is 18.9 Å². The number of nitriles is 1. The van der Waals surface area contributed by atoms with E-state index in [-0.39, 0.29) is 0 Å². The molecule has 18 heavy (non-hydrogen) atoms. The number of benzene rings is 2. The number of aryl methyl sites for hydroxylation is 1. The van der Waals surface area contributed by atoms with Gasteiger partial charge in [-0.25, -0.2) is 0 Å². The minimum atomic E-state index is 0.354. The lowest BCUT2D eigenvalue weighted by atomic mass is 9.93. The molecule has 0 amide bonds. The van der Waals surface area contributed by atoms with Crippen LogP contribution < -0.4 is 5.32 Å². The lowest BCUT2D eigenvalue weighted by Gasteiger charge is -2.27. The summed E-state index contributed by atoms with van der Waals surface area (Å²) >= 11 is 0. The van der Waals surface area contributed by atoms with Crippen molar-refractivity contribution >= 4 is 5.69 Å². The molecular formula is C16H14N2. The monoisotopic (exact) mass is 234 g/mol. The van der Waals surface area contributed by atoms with Crippen molar-refractivity contribution in [1.29, 1.82) is 5.26 Å². The van der Waals surface area contributed by atoms with Crippen LogP contribution in [-0.2, 0) is 6.42 Å². The molecule has 2 aromatic carbocycles. The molecule has 0 aliphatic carbocycles. The molecule has 1 heterocycles. The van der Waals surface area contributed by atoms with Crippen LogP contribution in [0.1, 0.15) is 29.2 Å². The van der Waals surface area contributed by atoms with Gasteiger partial charge in [-0.05, 0) is 42.2 Å². The molecule has 1 atom stereocenters. The van der Waals surface area contributed by atoms with Crippen LogP contribution in [0.2, 0.25) is 0 Å². The normalized spacial score (nSPS) is 17.4. The molecule has 88 valence electrons. The van der Waals surface area contributed by atoms with Gasteiger partial charge in [-0.2, -0.15) is 5.26 Å². The second kappa shape index (κ2) is 4.54. The summed E-state index contributed by atoms with van der Waals surface area (Å²) in [5.74, 6) is 0. The lowest BCUT2D eigenvalue weighted by Crippen LogP contribution is -2.17. The molecule has 1 aliphatic rings. The van der Waals surface area contributed by atoms with Crippen molar-refractivity contribution in [1.82, 2.24) is 0 Å². The fraction of sp³-hybridized carbons (Fsp3) is 0.188. The van der Waals surface area contributed by atoms with Crippen molar-refractivity contribution in [2.24, 2.45) is 0 Å². The largest absolute Gasteiger partial charge is 0.378 e. The summed E-state index contributed by atoms with van der Waals surface area (Å²) in [5.41, 5.74) is 4.60. The second-order valence-electron chi connectivity index (χ2n) is 4.63. The highest BCUT2D eigenvalue weighted by molar-refractivity contribution is 5.55. The van der Waals surface area contributed by atoms with Gasteiger partial charge in [-0.15, -0.1) is 0 Å². The maximum Gasteiger partial charge on any atom is 0.0991 e. The van der Waals surface area contributed by atoms with Crippen molar-refractivity contribution in [3.63, 3.8) is 0 Å². The zero-order valence-electron chi connectivity index (χ0n) is 10.1. The zero-order chi connectivity index (χ0) is 12.4. The fourth-order valence-corrected chi connectivity index (χ4v) is 2.48. The number of hydrogen-bond acceptors (Lipinski definition) is 2. The molecule has 0 spiro atoms. The SMILES string of the molecule is N#Cc1ccc(C2CCc3ccccc3N2)cc1. The molecule has 2 nitrogen and oxygen atoms in total. The van der Waals surface area contributed by atoms with E-state index in [9.17, 15) is 0 Å². The van der Waals surface area contributed by atoms with Crippen LogP contribution in [0.25, 0.3) is 0 Å². The second-order valence-corrected chi connectivity index (χ2v) is 4.63. The van der Waals surface area contributed by atoms with E-state index >= 15 is 0 Å². The van der Waals surface area contributed by atoms with Crippen LogP contribution in [-0.4, -0.2) is 0 Å². The van der Waals surface area contributed by atoms with Crippen LogP contribution >= 0.6 is 0 Å². The van der Waals surface area contributed by atoms with Crippen molar-refractivity contribution in [3.05, 3.63) is 65.2 Å². The van der Waals surface area contributed by atoms with E-state index < -0.39 is 0 Å². The molecule has 1 unspecified atom stereocenters. The third-order valence-electron chi connectivity index (χ3n) is 3.49. The molecule has 3 rings (SSSR count). The van der Waals surface area contributed by atoms with Gasteiger partial charge >= 0.3 is 0 Å². The first-order valence-corrected chi connectivity index (χ1v) is 6.21. The number of fused-ring (bicyclic) bond motifs is 1. The van der Waals surface area contributed by atoms with Gasteiger partial charge in [0.05, 0.1) is 17.7 Å². The van der Waals surface area contributed by atoms with E-state index in [1.54, 1.807) is 0 Å². The van der Waals surface area contributed by atoms with Crippen LogP contribution in [0.15, 0.2) is 48.5 Å². The van der Waals surface area contributed by atoms with E-state index in [0.29, 0.717) is 6.04 Å². The highest BCUT2D eigenvalue weighted by Crippen LogP contribution is 2.32. The van der Waals surface area contributed by atoms with Crippen LogP contribution in [0.3, 0.4) is 0 Å². The fourth-order valence-electron chi connectivity index (χ4n) is 2.48. The summed E-state index contributed by atoms with van der Waals surface area (Å²) in [5, 5.41) is 12.4. The highest BCUT2D eigenvalue weighted by Gasteiger charge is 2.18. The minimum Gasteiger partial charge on any atom is -0.378 e. The summed E-state index contributed by atoms with van der Waals surface area (Å²) in [4.78, 5) is 0. The van der Waals surface area contributed by atoms with Gasteiger partial charge in [0.25, 0.3) is 0 Å². The number of rotatable bonds is 1. The Balaban J connectivity index is 1.85. The Kier molecular flexibility index (Phi) is 2.74. The molecule has 0 saturated carbocycles. The van der Waals surface area contributed by atoms with Crippen molar-refractivity contribution in [2.75, 3.05) is 5.32 Å². The first-order chi connectivity index (χ1) is 8.86. The molecule has 0 bridgehead atoms. The van der Waals surface area contributed by atoms with Crippen LogP contribution in [0.5, 0.6) is 0 Å². The third kappa shape index (κ3) is 1.96. The van der Waals surface area contributed by atoms with Gasteiger partial charge in [-0.3, -0.25) is 0 Å². The van der Waals surface area contributed by atoms with E-state index in [0.717, 1.165) is 18.4 Å². The predicted molar refractivity (Wildman–Crippen MR) is 72.3 cm³/mol. The quantitative estimate of drug-likeness (QED) is 0.817. The highest BCUT2D eigenvalue weighted by atomic mass is 14.9. The number of para-hydroxylation sites is 1. The van der Waals surface area contributed by atoms with Crippen LogP contribution in [0, 0.1) is 11.3 Å². The van der Waals surface area contributed by atoms with Crippen molar-refractivity contribution < 1.29 is 0 Å². The van der Waals surface area contributed by atoms with Gasteiger partial charge in [0.2, 0.25) is 0 Å². The molecule has 2 heteroatoms. The van der Waals surface area contributed by atoms with Gasteiger partial charge < -0.3 is 5.32 Å². The van der Waals surface area contributed by atoms with Crippen molar-refractivity contribution in [3.8, 4) is 6.07 Å². The standard InChI is InChI=1S/C16H14N2/c17-11-12-5-7-14(8-6-12)16-10-9-13-3-1-2-4-15(13)18-16/h1-8,16,18H,9-10H2. The molecular weight excluding hydrogens is 220 g/mol. The van der Waals surface area contributed by atoms with E-state index in [4.69, 9.17) is 5.26 Å². The van der Waals surface area contributed by atoms with Gasteiger partial charge in [0, 0.05) is 5.69 Å². The number of nitrogens with zero attached hydrogens (tertiary/aromatic N) is 1. The Morgan fingerprint density at radius 2 is 1.83 bits per heavy atom. The molecule has 1 aliphatic heterocycles. The Morgan fingerprint density at radius 1 is 1.06 bits per heavy atom. The molecule has 0 radical (unpaired) electrons. The molecule has 1 N–H and O–H groups in total. The van der Waals surface area contributed by atoms with E-state index in [1.807, 2.05) is 24.3 Å². The van der Waals surface area contributed by atoms with E-state index in [2.05, 4.69) is 35.7 Å². The predicted octanol–water partition coefficient (Wildman–Crippen LogP) is 3.66. The third-order valence-corrected chi connectivity index (χ3v) is 3.49. The molecule has 0 fully saturated rings. The Bertz CT molecular complexity index is 593. The first-order valence-electron chi connectivity index (χ1n) is 6.21.